The molecule has 0 saturated carbocycles. The highest BCUT2D eigenvalue weighted by atomic mass is 32.2. The van der Waals surface area contributed by atoms with Crippen LogP contribution in [0.4, 0.5) is 18.9 Å². The lowest BCUT2D eigenvalue weighted by Crippen LogP contribution is -2.45. The minimum Gasteiger partial charge on any atom is -0.419 e. The predicted octanol–water partition coefficient (Wildman–Crippen LogP) is 4.27. The molecule has 1 aliphatic heterocycles. The van der Waals surface area contributed by atoms with Crippen molar-refractivity contribution in [1.82, 2.24) is 15.2 Å². The average molecular weight is 597 g/mol. The lowest BCUT2D eigenvalue weighted by atomic mass is 9.96. The molecular formula is C28H23F3N6O4S. The number of aromatic nitrogens is 3. The minimum absolute atomic E-state index is 0.0250. The monoisotopic (exact) mass is 596 g/mol. The van der Waals surface area contributed by atoms with Crippen molar-refractivity contribution in [3.8, 4) is 28.8 Å². The van der Waals surface area contributed by atoms with Gasteiger partial charge in [0, 0.05) is 17.3 Å². The first kappa shape index (κ1) is 28.9. The van der Waals surface area contributed by atoms with Crippen molar-refractivity contribution in [3.05, 3.63) is 77.8 Å². The summed E-state index contributed by atoms with van der Waals surface area (Å²) in [5.41, 5.74) is 5.91. The fourth-order valence-corrected chi connectivity index (χ4v) is 5.90. The molecule has 0 spiro atoms. The first-order valence-corrected chi connectivity index (χ1v) is 14.2. The van der Waals surface area contributed by atoms with Crippen molar-refractivity contribution in [2.75, 3.05) is 10.7 Å². The van der Waals surface area contributed by atoms with Gasteiger partial charge in [-0.2, -0.15) is 18.4 Å². The fraction of sp³-hybridized carbons (Fsp3) is 0.250. The van der Waals surface area contributed by atoms with E-state index >= 15 is 0 Å². The summed E-state index contributed by atoms with van der Waals surface area (Å²) in [5, 5.41) is 17.3. The highest BCUT2D eigenvalue weighted by Crippen LogP contribution is 2.36. The Morgan fingerprint density at radius 3 is 2.38 bits per heavy atom. The van der Waals surface area contributed by atoms with Crippen LogP contribution in [-0.4, -0.2) is 41.3 Å². The number of carbonyl (C=O) groups excluding carboxylic acids is 1. The van der Waals surface area contributed by atoms with E-state index < -0.39 is 44.7 Å². The summed E-state index contributed by atoms with van der Waals surface area (Å²) < 4.78 is 70.7. The van der Waals surface area contributed by atoms with Gasteiger partial charge in [-0.25, -0.2) is 8.42 Å². The van der Waals surface area contributed by atoms with Crippen molar-refractivity contribution >= 4 is 21.4 Å². The van der Waals surface area contributed by atoms with Gasteiger partial charge in [0.2, 0.25) is 17.7 Å². The highest BCUT2D eigenvalue weighted by Gasteiger charge is 2.37. The fourth-order valence-electron chi connectivity index (χ4n) is 4.35. The van der Waals surface area contributed by atoms with Crippen LogP contribution in [0.2, 0.25) is 0 Å². The van der Waals surface area contributed by atoms with Gasteiger partial charge in [0.25, 0.3) is 0 Å². The molecule has 4 aromatic rings. The number of rotatable bonds is 5. The smallest absolute Gasteiger partial charge is 0.416 e. The van der Waals surface area contributed by atoms with Crippen LogP contribution in [0.3, 0.4) is 0 Å². The number of alkyl halides is 3. The van der Waals surface area contributed by atoms with Crippen molar-refractivity contribution in [3.63, 3.8) is 0 Å². The van der Waals surface area contributed by atoms with Crippen molar-refractivity contribution in [2.24, 2.45) is 5.73 Å². The molecule has 0 fully saturated rings. The van der Waals surface area contributed by atoms with E-state index in [1.165, 1.54) is 41.4 Å². The van der Waals surface area contributed by atoms with Crippen LogP contribution in [0.25, 0.3) is 22.7 Å². The van der Waals surface area contributed by atoms with Crippen LogP contribution in [-0.2, 0) is 32.8 Å². The Hall–Kier alpha value is -4.61. The lowest BCUT2D eigenvalue weighted by Gasteiger charge is -2.24. The van der Waals surface area contributed by atoms with Gasteiger partial charge in [-0.3, -0.25) is 9.78 Å². The van der Waals surface area contributed by atoms with Crippen LogP contribution >= 0.6 is 0 Å². The molecule has 14 heteroatoms. The number of anilines is 1. The molecule has 3 heterocycles. The summed E-state index contributed by atoms with van der Waals surface area (Å²) in [6, 6.07) is 12.7. The molecule has 1 amide bonds. The number of amides is 1. The number of nitrogens with two attached hydrogens (primary N) is 1. The Morgan fingerprint density at radius 2 is 1.76 bits per heavy atom. The first-order chi connectivity index (χ1) is 19.7. The summed E-state index contributed by atoms with van der Waals surface area (Å²) in [6.07, 6.45) is -3.01. The molecule has 0 saturated heterocycles. The largest absolute Gasteiger partial charge is 0.419 e. The second kappa shape index (κ2) is 10.3. The molecule has 2 aromatic heterocycles. The van der Waals surface area contributed by atoms with E-state index in [2.05, 4.69) is 21.3 Å². The molecule has 0 aliphatic carbocycles. The summed E-state index contributed by atoms with van der Waals surface area (Å²) in [7, 11) is -3.96. The third-order valence-corrected chi connectivity index (χ3v) is 8.54. The van der Waals surface area contributed by atoms with E-state index in [1.807, 2.05) is 0 Å². The summed E-state index contributed by atoms with van der Waals surface area (Å²) in [6.45, 7) is 3.11. The number of sulfone groups is 1. The maximum absolute atomic E-state index is 13.4. The molecule has 1 atom stereocenters. The van der Waals surface area contributed by atoms with Gasteiger partial charge in [0.1, 0.15) is 5.41 Å². The van der Waals surface area contributed by atoms with E-state index in [9.17, 15) is 31.6 Å². The van der Waals surface area contributed by atoms with Crippen LogP contribution in [0, 0.1) is 11.3 Å². The molecule has 42 heavy (non-hydrogen) atoms. The van der Waals surface area contributed by atoms with Gasteiger partial charge in [-0.05, 0) is 55.8 Å². The quantitative estimate of drug-likeness (QED) is 0.355. The molecule has 10 nitrogen and oxygen atoms in total. The van der Waals surface area contributed by atoms with Gasteiger partial charge < -0.3 is 15.1 Å². The third-order valence-electron chi connectivity index (χ3n) is 6.73. The number of nitrogens with zero attached hydrogens (tertiary/aromatic N) is 5. The topological polar surface area (TPSA) is 156 Å². The van der Waals surface area contributed by atoms with Crippen LogP contribution < -0.4 is 10.6 Å². The predicted molar refractivity (Wildman–Crippen MR) is 144 cm³/mol. The van der Waals surface area contributed by atoms with Gasteiger partial charge in [-0.1, -0.05) is 18.2 Å². The number of halogens is 3. The first-order valence-electron chi connectivity index (χ1n) is 12.5. The molecule has 2 N–H and O–H groups in total. The number of pyridine rings is 1. The van der Waals surface area contributed by atoms with Crippen molar-refractivity contribution in [1.29, 1.82) is 5.26 Å². The van der Waals surface area contributed by atoms with Gasteiger partial charge in [0.05, 0.1) is 46.2 Å². The summed E-state index contributed by atoms with van der Waals surface area (Å²) >= 11 is 0. The van der Waals surface area contributed by atoms with Gasteiger partial charge in [-0.15, -0.1) is 10.2 Å². The summed E-state index contributed by atoms with van der Waals surface area (Å²) in [4.78, 5) is 18.8. The number of carbonyl (C=O) groups is 1. The molecule has 5 rings (SSSR count). The Bertz CT molecular complexity index is 1810. The average Bonchev–Trinajstić information content (AvgIpc) is 3.44. The number of fused-ring (bicyclic) bond motifs is 1. The van der Waals surface area contributed by atoms with E-state index in [0.717, 1.165) is 12.1 Å². The molecule has 1 aliphatic rings. The molecule has 216 valence electrons. The highest BCUT2D eigenvalue weighted by molar-refractivity contribution is 7.91. The Balaban J connectivity index is 1.50. The molecule has 0 unspecified atom stereocenters. The Morgan fingerprint density at radius 1 is 1.07 bits per heavy atom. The van der Waals surface area contributed by atoms with Gasteiger partial charge >= 0.3 is 6.18 Å². The third kappa shape index (κ3) is 5.48. The molecule has 0 radical (unpaired) electrons. The summed E-state index contributed by atoms with van der Waals surface area (Å²) in [5.74, 6) is -1.15. The van der Waals surface area contributed by atoms with Crippen LogP contribution in [0.15, 0.2) is 70.1 Å². The Kier molecular flexibility index (Phi) is 7.12. The van der Waals surface area contributed by atoms with Crippen LogP contribution in [0.1, 0.15) is 30.9 Å². The zero-order valence-corrected chi connectivity index (χ0v) is 23.1. The van der Waals surface area contributed by atoms with E-state index in [1.54, 1.807) is 26.0 Å². The second-order valence-electron chi connectivity index (χ2n) is 10.3. The molecular weight excluding hydrogens is 573 g/mol. The van der Waals surface area contributed by atoms with Gasteiger partial charge in [0.15, 0.2) is 9.84 Å². The molecule has 0 bridgehead atoms. The molecule has 2 aromatic carbocycles. The number of benzene rings is 2. The van der Waals surface area contributed by atoms with E-state index in [-0.39, 0.29) is 28.9 Å². The van der Waals surface area contributed by atoms with Crippen molar-refractivity contribution in [2.45, 2.75) is 42.9 Å². The SMILES string of the molecule is CC(C)(C#N)c1nnc(-c2ccc3c(c2)N(Cc2ccc(-c4ccc(C(F)(F)F)cc4)nc2)C(=O)[C@@H](N)CS3(=O)=O)o1. The van der Waals surface area contributed by atoms with E-state index in [4.69, 9.17) is 10.2 Å². The number of nitriles is 1. The number of hydrogen-bond acceptors (Lipinski definition) is 9. The normalized spacial score (nSPS) is 16.9. The van der Waals surface area contributed by atoms with Crippen LogP contribution in [0.5, 0.6) is 0 Å². The second-order valence-corrected chi connectivity index (χ2v) is 12.3. The Labute approximate surface area is 238 Å². The zero-order valence-electron chi connectivity index (χ0n) is 22.3. The number of hydrogen-bond donors (Lipinski definition) is 1. The maximum Gasteiger partial charge on any atom is 0.416 e. The maximum atomic E-state index is 13.4. The zero-order chi connectivity index (χ0) is 30.4. The van der Waals surface area contributed by atoms with E-state index in [0.29, 0.717) is 22.4 Å². The van der Waals surface area contributed by atoms with Crippen molar-refractivity contribution < 1.29 is 30.8 Å². The lowest BCUT2D eigenvalue weighted by molar-refractivity contribution is -0.137. The minimum atomic E-state index is -4.46. The standard InChI is InChI=1S/C28H23F3N6O4S/c1-27(2,15-32)26-36-35-24(41-26)18-6-10-23-22(11-18)37(25(38)20(33)14-42(23,39)40)13-16-3-9-21(34-12-16)17-4-7-19(8-5-17)28(29,30)31/h3-12,20H,13-14,33H2,1-2H3/t20-/m0/s1.